The zero-order valence-electron chi connectivity index (χ0n) is 15.6. The lowest BCUT2D eigenvalue weighted by atomic mass is 9.96. The lowest BCUT2D eigenvalue weighted by molar-refractivity contribution is -0.136. The van der Waals surface area contributed by atoms with Crippen LogP contribution in [0, 0.1) is 5.92 Å². The Morgan fingerprint density at radius 2 is 2.04 bits per heavy atom. The van der Waals surface area contributed by atoms with Crippen molar-refractivity contribution in [2.75, 3.05) is 39.8 Å². The molecule has 2 rings (SSSR count). The molecule has 140 valence electrons. The van der Waals surface area contributed by atoms with Gasteiger partial charge in [0.2, 0.25) is 5.91 Å². The monoisotopic (exact) mass is 366 g/mol. The third-order valence-electron chi connectivity index (χ3n) is 4.73. The SMILES string of the molecule is CCN(CC)C(=O)C1CCCN(C/C=C/c2ccccc2OC)C1.Cl. The zero-order chi connectivity index (χ0) is 17.4. The average molecular weight is 367 g/mol. The maximum Gasteiger partial charge on any atom is 0.226 e. The summed E-state index contributed by atoms with van der Waals surface area (Å²) in [5.74, 6) is 1.36. The summed E-state index contributed by atoms with van der Waals surface area (Å²) in [4.78, 5) is 16.9. The fourth-order valence-corrected chi connectivity index (χ4v) is 3.35. The van der Waals surface area contributed by atoms with Gasteiger partial charge >= 0.3 is 0 Å². The Bertz CT molecular complexity index is 558. The molecule has 1 heterocycles. The Morgan fingerprint density at radius 3 is 2.72 bits per heavy atom. The number of benzene rings is 1. The minimum Gasteiger partial charge on any atom is -0.496 e. The van der Waals surface area contributed by atoms with Gasteiger partial charge in [-0.05, 0) is 39.3 Å². The van der Waals surface area contributed by atoms with Gasteiger partial charge in [-0.2, -0.15) is 0 Å². The highest BCUT2D eigenvalue weighted by Crippen LogP contribution is 2.21. The minimum atomic E-state index is 0. The van der Waals surface area contributed by atoms with E-state index in [1.807, 2.05) is 23.1 Å². The molecule has 1 aromatic rings. The van der Waals surface area contributed by atoms with E-state index in [4.69, 9.17) is 4.74 Å². The molecule has 1 aliphatic rings. The van der Waals surface area contributed by atoms with Crippen LogP contribution >= 0.6 is 12.4 Å². The quantitative estimate of drug-likeness (QED) is 0.737. The van der Waals surface area contributed by atoms with Crippen LogP contribution in [-0.2, 0) is 4.79 Å². The highest BCUT2D eigenvalue weighted by Gasteiger charge is 2.27. The number of nitrogens with zero attached hydrogens (tertiary/aromatic N) is 2. The number of piperidine rings is 1. The number of likely N-dealkylation sites (tertiary alicyclic amines) is 1. The Hall–Kier alpha value is -1.52. The van der Waals surface area contributed by atoms with Gasteiger partial charge in [-0.25, -0.2) is 0 Å². The molecule has 4 nitrogen and oxygen atoms in total. The molecular formula is C20H31ClN2O2. The van der Waals surface area contributed by atoms with Crippen LogP contribution in [0.1, 0.15) is 32.3 Å². The highest BCUT2D eigenvalue weighted by atomic mass is 35.5. The second kappa shape index (κ2) is 11.2. The van der Waals surface area contributed by atoms with Crippen molar-refractivity contribution in [3.8, 4) is 5.75 Å². The lowest BCUT2D eigenvalue weighted by Crippen LogP contribution is -2.44. The minimum absolute atomic E-state index is 0. The van der Waals surface area contributed by atoms with Crippen molar-refractivity contribution in [1.29, 1.82) is 0 Å². The van der Waals surface area contributed by atoms with Gasteiger partial charge in [0.05, 0.1) is 13.0 Å². The van der Waals surface area contributed by atoms with E-state index in [9.17, 15) is 4.79 Å². The topological polar surface area (TPSA) is 32.8 Å². The number of ether oxygens (including phenoxy) is 1. The van der Waals surface area contributed by atoms with E-state index in [0.29, 0.717) is 5.91 Å². The summed E-state index contributed by atoms with van der Waals surface area (Å²) in [6, 6.07) is 8.02. The standard InChI is InChI=1S/C20H30N2O2.ClH/c1-4-22(5-2)20(23)18-12-9-15-21(16-18)14-8-11-17-10-6-7-13-19(17)24-3;/h6-8,10-11,13,18H,4-5,9,12,14-16H2,1-3H3;1H/b11-8+;. The van der Waals surface area contributed by atoms with Gasteiger partial charge in [-0.15, -0.1) is 12.4 Å². The molecule has 0 saturated carbocycles. The van der Waals surface area contributed by atoms with Gasteiger partial charge in [0.1, 0.15) is 5.75 Å². The molecule has 0 radical (unpaired) electrons. The molecule has 0 aromatic heterocycles. The number of methoxy groups -OCH3 is 1. The van der Waals surface area contributed by atoms with Crippen LogP contribution in [0.15, 0.2) is 30.3 Å². The Morgan fingerprint density at radius 1 is 1.32 bits per heavy atom. The first kappa shape index (κ1) is 21.5. The molecule has 1 aromatic carbocycles. The van der Waals surface area contributed by atoms with Crippen LogP contribution in [0.25, 0.3) is 6.08 Å². The number of carbonyl (C=O) groups is 1. The summed E-state index contributed by atoms with van der Waals surface area (Å²) in [6.07, 6.45) is 6.39. The molecule has 0 aliphatic carbocycles. The molecule has 5 heteroatoms. The van der Waals surface area contributed by atoms with Crippen molar-refractivity contribution in [3.63, 3.8) is 0 Å². The maximum absolute atomic E-state index is 12.5. The van der Waals surface area contributed by atoms with Crippen molar-refractivity contribution in [1.82, 2.24) is 9.80 Å². The van der Waals surface area contributed by atoms with Crippen molar-refractivity contribution in [2.24, 2.45) is 5.92 Å². The van der Waals surface area contributed by atoms with Crippen molar-refractivity contribution in [3.05, 3.63) is 35.9 Å². The first-order chi connectivity index (χ1) is 11.7. The van der Waals surface area contributed by atoms with E-state index in [1.54, 1.807) is 7.11 Å². The molecule has 25 heavy (non-hydrogen) atoms. The second-order valence-corrected chi connectivity index (χ2v) is 6.25. The molecule has 0 spiro atoms. The van der Waals surface area contributed by atoms with Crippen molar-refractivity contribution >= 4 is 24.4 Å². The summed E-state index contributed by atoms with van der Waals surface area (Å²) >= 11 is 0. The molecule has 1 saturated heterocycles. The molecule has 1 atom stereocenters. The van der Waals surface area contributed by atoms with Crippen LogP contribution in [0.5, 0.6) is 5.75 Å². The van der Waals surface area contributed by atoms with Gasteiger partial charge in [0, 0.05) is 31.7 Å². The maximum atomic E-state index is 12.5. The summed E-state index contributed by atoms with van der Waals surface area (Å²) in [6.45, 7) is 8.53. The normalized spacial score (nSPS) is 18.0. The van der Waals surface area contributed by atoms with E-state index in [1.165, 1.54) is 0 Å². The summed E-state index contributed by atoms with van der Waals surface area (Å²) in [7, 11) is 1.70. The number of halogens is 1. The molecule has 1 amide bonds. The number of amides is 1. The van der Waals surface area contributed by atoms with Gasteiger partial charge in [0.25, 0.3) is 0 Å². The van der Waals surface area contributed by atoms with Crippen LogP contribution < -0.4 is 4.74 Å². The van der Waals surface area contributed by atoms with Crippen molar-refractivity contribution in [2.45, 2.75) is 26.7 Å². The molecule has 0 N–H and O–H groups in total. The predicted octanol–water partition coefficient (Wildman–Crippen LogP) is 3.71. The molecule has 1 aliphatic heterocycles. The zero-order valence-corrected chi connectivity index (χ0v) is 16.4. The van der Waals surface area contributed by atoms with E-state index in [-0.39, 0.29) is 18.3 Å². The molecular weight excluding hydrogens is 336 g/mol. The van der Waals surface area contributed by atoms with Crippen molar-refractivity contribution < 1.29 is 9.53 Å². The lowest BCUT2D eigenvalue weighted by Gasteiger charge is -2.33. The summed E-state index contributed by atoms with van der Waals surface area (Å²) in [5, 5.41) is 0. The van der Waals surface area contributed by atoms with E-state index in [2.05, 4.69) is 37.0 Å². The number of para-hydroxylation sites is 1. The predicted molar refractivity (Wildman–Crippen MR) is 106 cm³/mol. The van der Waals surface area contributed by atoms with Gasteiger partial charge in [0.15, 0.2) is 0 Å². The largest absolute Gasteiger partial charge is 0.496 e. The van der Waals surface area contributed by atoms with Crippen LogP contribution in [0.2, 0.25) is 0 Å². The summed E-state index contributed by atoms with van der Waals surface area (Å²) < 4.78 is 5.37. The van der Waals surface area contributed by atoms with Gasteiger partial charge in [-0.3, -0.25) is 9.69 Å². The van der Waals surface area contributed by atoms with E-state index in [0.717, 1.165) is 56.9 Å². The Kier molecular flexibility index (Phi) is 9.61. The third-order valence-corrected chi connectivity index (χ3v) is 4.73. The number of hydrogen-bond acceptors (Lipinski definition) is 3. The first-order valence-electron chi connectivity index (χ1n) is 9.00. The number of rotatable bonds is 7. The van der Waals surface area contributed by atoms with E-state index >= 15 is 0 Å². The van der Waals surface area contributed by atoms with E-state index < -0.39 is 0 Å². The first-order valence-corrected chi connectivity index (χ1v) is 9.00. The fraction of sp³-hybridized carbons (Fsp3) is 0.550. The van der Waals surface area contributed by atoms with Gasteiger partial charge < -0.3 is 9.64 Å². The van der Waals surface area contributed by atoms with Crippen LogP contribution in [0.4, 0.5) is 0 Å². The molecule has 1 fully saturated rings. The van der Waals surface area contributed by atoms with Gasteiger partial charge in [-0.1, -0.05) is 30.4 Å². The molecule has 1 unspecified atom stereocenters. The molecule has 0 bridgehead atoms. The highest BCUT2D eigenvalue weighted by molar-refractivity contribution is 5.85. The third kappa shape index (κ3) is 6.05. The summed E-state index contributed by atoms with van der Waals surface area (Å²) in [5.41, 5.74) is 1.09. The fourth-order valence-electron chi connectivity index (χ4n) is 3.35. The second-order valence-electron chi connectivity index (χ2n) is 6.25. The number of hydrogen-bond donors (Lipinski definition) is 0. The van der Waals surface area contributed by atoms with Crippen LogP contribution in [-0.4, -0.2) is 55.5 Å². The number of carbonyl (C=O) groups excluding carboxylic acids is 1. The average Bonchev–Trinajstić information content (AvgIpc) is 2.63. The van der Waals surface area contributed by atoms with Crippen LogP contribution in [0.3, 0.4) is 0 Å². The Labute approximate surface area is 158 Å². The smallest absolute Gasteiger partial charge is 0.226 e. The Balaban J connectivity index is 0.00000312.